The third kappa shape index (κ3) is 5.08. The molecule has 0 radical (unpaired) electrons. The zero-order chi connectivity index (χ0) is 21.8. The van der Waals surface area contributed by atoms with Gasteiger partial charge in [-0.05, 0) is 49.6 Å². The van der Waals surface area contributed by atoms with Gasteiger partial charge in [-0.25, -0.2) is 8.42 Å². The van der Waals surface area contributed by atoms with E-state index in [4.69, 9.17) is 4.42 Å². The van der Waals surface area contributed by atoms with Crippen LogP contribution in [-0.4, -0.2) is 36.6 Å². The Kier molecular flexibility index (Phi) is 6.60. The monoisotopic (exact) mass is 458 g/mol. The van der Waals surface area contributed by atoms with Crippen LogP contribution in [-0.2, 0) is 27.9 Å². The van der Waals surface area contributed by atoms with Crippen LogP contribution in [0.4, 0.5) is 0 Å². The summed E-state index contributed by atoms with van der Waals surface area (Å²) in [5.41, 5.74) is 1.02. The molecule has 0 spiro atoms. The molecule has 1 atom stereocenters. The first-order valence-corrected chi connectivity index (χ1v) is 12.6. The third-order valence-corrected chi connectivity index (χ3v) is 8.83. The van der Waals surface area contributed by atoms with Gasteiger partial charge < -0.3 is 9.32 Å². The highest BCUT2D eigenvalue weighted by Crippen LogP contribution is 2.29. The van der Waals surface area contributed by atoms with E-state index >= 15 is 0 Å². The molecule has 4 rings (SSSR count). The first-order chi connectivity index (χ1) is 14.9. The molecule has 6 nitrogen and oxygen atoms in total. The van der Waals surface area contributed by atoms with Gasteiger partial charge in [0.1, 0.15) is 9.97 Å². The minimum absolute atomic E-state index is 0.0393. The van der Waals surface area contributed by atoms with Gasteiger partial charge in [-0.2, -0.15) is 4.31 Å². The Balaban J connectivity index is 1.53. The van der Waals surface area contributed by atoms with E-state index in [9.17, 15) is 13.2 Å². The fraction of sp³-hybridized carbons (Fsp3) is 0.348. The Morgan fingerprint density at radius 3 is 2.61 bits per heavy atom. The summed E-state index contributed by atoms with van der Waals surface area (Å²) in [6.45, 7) is 3.35. The lowest BCUT2D eigenvalue weighted by atomic mass is 9.97. The molecule has 1 saturated heterocycles. The normalized spacial score (nSPS) is 17.5. The highest BCUT2D eigenvalue weighted by atomic mass is 32.2. The standard InChI is InChI=1S/C23H26N2O4S2/c1-18-11-12-22(30-18)31(27,28)25-13-5-9-20(16-25)23(26)24(17-21-10-6-14-29-21)15-19-7-3-2-4-8-19/h2-4,6-8,10-12,14,20H,5,9,13,15-17H2,1H3. The van der Waals surface area contributed by atoms with Gasteiger partial charge >= 0.3 is 0 Å². The summed E-state index contributed by atoms with van der Waals surface area (Å²) < 4.78 is 33.5. The van der Waals surface area contributed by atoms with Gasteiger partial charge in [-0.15, -0.1) is 11.3 Å². The highest BCUT2D eigenvalue weighted by molar-refractivity contribution is 7.91. The molecule has 0 N–H and O–H groups in total. The van der Waals surface area contributed by atoms with Crippen LogP contribution in [0, 0.1) is 12.8 Å². The minimum atomic E-state index is -3.58. The molecule has 1 aliphatic heterocycles. The Labute approximate surface area is 187 Å². The Morgan fingerprint density at radius 1 is 1.13 bits per heavy atom. The zero-order valence-electron chi connectivity index (χ0n) is 17.4. The van der Waals surface area contributed by atoms with Gasteiger partial charge in [-0.1, -0.05) is 30.3 Å². The maximum absolute atomic E-state index is 13.5. The summed E-state index contributed by atoms with van der Waals surface area (Å²) in [7, 11) is -3.58. The molecule has 1 aliphatic rings. The molecular weight excluding hydrogens is 432 g/mol. The number of furan rings is 1. The summed E-state index contributed by atoms with van der Waals surface area (Å²) >= 11 is 1.27. The number of amides is 1. The number of hydrogen-bond acceptors (Lipinski definition) is 5. The lowest BCUT2D eigenvalue weighted by Gasteiger charge is -2.34. The van der Waals surface area contributed by atoms with Crippen LogP contribution >= 0.6 is 11.3 Å². The number of hydrogen-bond donors (Lipinski definition) is 0. The number of carbonyl (C=O) groups is 1. The largest absolute Gasteiger partial charge is 0.467 e. The van der Waals surface area contributed by atoms with Crippen molar-refractivity contribution in [2.24, 2.45) is 5.92 Å². The SMILES string of the molecule is Cc1ccc(S(=O)(=O)N2CCCC(C(=O)N(Cc3ccccc3)Cc3ccco3)C2)s1. The third-order valence-electron chi connectivity index (χ3n) is 5.50. The van der Waals surface area contributed by atoms with Crippen molar-refractivity contribution < 1.29 is 17.6 Å². The predicted octanol–water partition coefficient (Wildman–Crippen LogP) is 4.28. The van der Waals surface area contributed by atoms with Crippen molar-refractivity contribution in [3.8, 4) is 0 Å². The fourth-order valence-corrected chi connectivity index (χ4v) is 6.87. The maximum Gasteiger partial charge on any atom is 0.252 e. The van der Waals surface area contributed by atoms with Crippen molar-refractivity contribution in [1.82, 2.24) is 9.21 Å². The molecule has 0 saturated carbocycles. The second kappa shape index (κ2) is 9.38. The molecule has 3 aromatic rings. The van der Waals surface area contributed by atoms with Crippen molar-refractivity contribution in [2.45, 2.75) is 37.1 Å². The van der Waals surface area contributed by atoms with Gasteiger partial charge in [0, 0.05) is 24.5 Å². The molecule has 8 heteroatoms. The van der Waals surface area contributed by atoms with Gasteiger partial charge in [0.05, 0.1) is 18.7 Å². The summed E-state index contributed by atoms with van der Waals surface area (Å²) in [6.07, 6.45) is 2.94. The van der Waals surface area contributed by atoms with Crippen LogP contribution in [0.3, 0.4) is 0 Å². The molecule has 31 heavy (non-hydrogen) atoms. The van der Waals surface area contributed by atoms with E-state index in [1.54, 1.807) is 23.3 Å². The molecule has 2 aromatic heterocycles. The van der Waals surface area contributed by atoms with Crippen LogP contribution < -0.4 is 0 Å². The number of carbonyl (C=O) groups excluding carboxylic acids is 1. The molecule has 1 fully saturated rings. The molecular formula is C23H26N2O4S2. The van der Waals surface area contributed by atoms with Gasteiger partial charge in [-0.3, -0.25) is 4.79 Å². The molecule has 1 amide bonds. The number of nitrogens with zero attached hydrogens (tertiary/aromatic N) is 2. The Morgan fingerprint density at radius 2 is 1.94 bits per heavy atom. The van der Waals surface area contributed by atoms with Crippen molar-refractivity contribution in [1.29, 1.82) is 0 Å². The van der Waals surface area contributed by atoms with E-state index in [1.807, 2.05) is 49.4 Å². The molecule has 1 aromatic carbocycles. The van der Waals surface area contributed by atoms with Gasteiger partial charge in [0.2, 0.25) is 5.91 Å². The lowest BCUT2D eigenvalue weighted by molar-refractivity contribution is -0.138. The highest BCUT2D eigenvalue weighted by Gasteiger charge is 2.35. The molecule has 1 unspecified atom stereocenters. The van der Waals surface area contributed by atoms with Crippen molar-refractivity contribution in [3.63, 3.8) is 0 Å². The van der Waals surface area contributed by atoms with E-state index in [1.165, 1.54) is 15.6 Å². The van der Waals surface area contributed by atoms with Gasteiger partial charge in [0.15, 0.2) is 0 Å². The molecule has 164 valence electrons. The topological polar surface area (TPSA) is 70.8 Å². The van der Waals surface area contributed by atoms with E-state index in [-0.39, 0.29) is 18.4 Å². The fourth-order valence-electron chi connectivity index (χ4n) is 3.90. The van der Waals surface area contributed by atoms with Crippen molar-refractivity contribution >= 4 is 27.3 Å². The maximum atomic E-state index is 13.5. The van der Waals surface area contributed by atoms with E-state index in [0.717, 1.165) is 10.4 Å². The minimum Gasteiger partial charge on any atom is -0.467 e. The van der Waals surface area contributed by atoms with Gasteiger partial charge in [0.25, 0.3) is 10.0 Å². The average Bonchev–Trinajstić information content (AvgIpc) is 3.46. The van der Waals surface area contributed by atoms with Crippen LogP contribution in [0.5, 0.6) is 0 Å². The van der Waals surface area contributed by atoms with Crippen molar-refractivity contribution in [3.05, 3.63) is 77.1 Å². The van der Waals surface area contributed by atoms with Crippen molar-refractivity contribution in [2.75, 3.05) is 13.1 Å². The smallest absolute Gasteiger partial charge is 0.252 e. The second-order valence-electron chi connectivity index (χ2n) is 7.83. The quantitative estimate of drug-likeness (QED) is 0.530. The van der Waals surface area contributed by atoms with E-state index in [2.05, 4.69) is 0 Å². The average molecular weight is 459 g/mol. The van der Waals surface area contributed by atoms with Crippen LogP contribution in [0.15, 0.2) is 69.5 Å². The predicted molar refractivity (Wildman–Crippen MR) is 120 cm³/mol. The first-order valence-electron chi connectivity index (χ1n) is 10.3. The number of piperidine rings is 1. The number of benzene rings is 1. The van der Waals surface area contributed by atoms with Crippen LogP contribution in [0.2, 0.25) is 0 Å². The molecule has 3 heterocycles. The zero-order valence-corrected chi connectivity index (χ0v) is 19.1. The van der Waals surface area contributed by atoms with E-state index in [0.29, 0.717) is 42.4 Å². The summed E-state index contributed by atoms with van der Waals surface area (Å²) in [6, 6.07) is 16.9. The Hall–Kier alpha value is -2.42. The summed E-state index contributed by atoms with van der Waals surface area (Å²) in [4.78, 5) is 16.2. The molecule has 0 aliphatic carbocycles. The first kappa shape index (κ1) is 21.8. The summed E-state index contributed by atoms with van der Waals surface area (Å²) in [5.74, 6) is 0.296. The second-order valence-corrected chi connectivity index (χ2v) is 11.3. The summed E-state index contributed by atoms with van der Waals surface area (Å²) in [5, 5.41) is 0. The number of rotatable bonds is 7. The van der Waals surface area contributed by atoms with E-state index < -0.39 is 10.0 Å². The number of aryl methyl sites for hydroxylation is 1. The number of sulfonamides is 1. The number of thiophene rings is 1. The van der Waals surface area contributed by atoms with Crippen LogP contribution in [0.1, 0.15) is 29.0 Å². The molecule has 0 bridgehead atoms. The lowest BCUT2D eigenvalue weighted by Crippen LogP contribution is -2.46. The van der Waals surface area contributed by atoms with Crippen LogP contribution in [0.25, 0.3) is 0 Å². The Bertz CT molecular complexity index is 1110.